The fraction of sp³-hybridized carbons (Fsp3) is 0.222. The Morgan fingerprint density at radius 1 is 1.50 bits per heavy atom. The first-order chi connectivity index (χ1) is 5.75. The number of carbonyl (C=O) groups excluding carboxylic acids is 1. The molecule has 0 aliphatic heterocycles. The van der Waals surface area contributed by atoms with Crippen molar-refractivity contribution in [2.75, 3.05) is 6.54 Å². The minimum absolute atomic E-state index is 0.0141. The molecule has 0 aliphatic rings. The molecule has 0 bridgehead atoms. The van der Waals surface area contributed by atoms with Crippen LogP contribution in [0.5, 0.6) is 0 Å². The maximum absolute atomic E-state index is 11.1. The van der Waals surface area contributed by atoms with Crippen molar-refractivity contribution in [3.05, 3.63) is 35.9 Å². The first-order valence-electron chi connectivity index (χ1n) is 3.70. The molecule has 3 heteroatoms. The topological polar surface area (TPSA) is 69.1 Å². The third-order valence-corrected chi connectivity index (χ3v) is 1.65. The minimum Gasteiger partial charge on any atom is -0.324 e. The van der Waals surface area contributed by atoms with Crippen molar-refractivity contribution in [2.45, 2.75) is 6.04 Å². The lowest BCUT2D eigenvalue weighted by Crippen LogP contribution is -2.27. The normalized spacial score (nSPS) is 12.5. The van der Waals surface area contributed by atoms with Crippen LogP contribution in [0.1, 0.15) is 11.6 Å². The molecule has 4 N–H and O–H groups in total. The lowest BCUT2D eigenvalue weighted by atomic mass is 10.0. The summed E-state index contributed by atoms with van der Waals surface area (Å²) >= 11 is 0. The van der Waals surface area contributed by atoms with Gasteiger partial charge in [0.05, 0.1) is 12.6 Å². The molecular weight excluding hydrogens is 152 g/mol. The Morgan fingerprint density at radius 2 is 2.08 bits per heavy atom. The molecule has 1 aromatic rings. The standard InChI is InChI=1S/C9H11N2O/c10-6-8(12)9(11)7-4-2-1-3-5-7/h2-5,9H,6,10-11H2. The predicted molar refractivity (Wildman–Crippen MR) is 46.3 cm³/mol. The highest BCUT2D eigenvalue weighted by molar-refractivity contribution is 5.86. The van der Waals surface area contributed by atoms with Crippen LogP contribution < -0.4 is 11.5 Å². The van der Waals surface area contributed by atoms with Crippen molar-refractivity contribution in [1.82, 2.24) is 0 Å². The van der Waals surface area contributed by atoms with Gasteiger partial charge in [0, 0.05) is 0 Å². The molecule has 0 spiro atoms. The monoisotopic (exact) mass is 163 g/mol. The maximum Gasteiger partial charge on any atom is 0.167 e. The third kappa shape index (κ3) is 1.90. The predicted octanol–water partition coefficient (Wildman–Crippen LogP) is 0.0144. The molecule has 1 atom stereocenters. The summed E-state index contributed by atoms with van der Waals surface area (Å²) in [6.07, 6.45) is 0. The summed E-state index contributed by atoms with van der Waals surface area (Å²) in [5, 5.41) is 0. The number of ketones is 1. The van der Waals surface area contributed by atoms with Crippen molar-refractivity contribution in [2.24, 2.45) is 11.5 Å². The van der Waals surface area contributed by atoms with Gasteiger partial charge >= 0.3 is 0 Å². The first-order valence-corrected chi connectivity index (χ1v) is 3.70. The molecule has 0 amide bonds. The van der Waals surface area contributed by atoms with E-state index in [-0.39, 0.29) is 12.3 Å². The van der Waals surface area contributed by atoms with Crippen molar-refractivity contribution < 1.29 is 4.79 Å². The largest absolute Gasteiger partial charge is 0.324 e. The highest BCUT2D eigenvalue weighted by Crippen LogP contribution is 2.08. The molecule has 63 valence electrons. The van der Waals surface area contributed by atoms with Gasteiger partial charge in [-0.1, -0.05) is 24.3 Å². The van der Waals surface area contributed by atoms with Gasteiger partial charge in [-0.15, -0.1) is 0 Å². The highest BCUT2D eigenvalue weighted by Gasteiger charge is 2.12. The van der Waals surface area contributed by atoms with E-state index in [0.29, 0.717) is 0 Å². The van der Waals surface area contributed by atoms with E-state index in [1.807, 2.05) is 0 Å². The summed E-state index contributed by atoms with van der Waals surface area (Å²) in [6.45, 7) is -0.0141. The second kappa shape index (κ2) is 3.99. The summed E-state index contributed by atoms with van der Waals surface area (Å²) in [5.74, 6) is -0.152. The number of benzene rings is 1. The lowest BCUT2D eigenvalue weighted by molar-refractivity contribution is -0.119. The van der Waals surface area contributed by atoms with Gasteiger partial charge in [-0.2, -0.15) is 0 Å². The molecule has 0 aromatic heterocycles. The second-order valence-electron chi connectivity index (χ2n) is 2.48. The van der Waals surface area contributed by atoms with Gasteiger partial charge in [0.1, 0.15) is 0 Å². The van der Waals surface area contributed by atoms with E-state index >= 15 is 0 Å². The van der Waals surface area contributed by atoms with Crippen molar-refractivity contribution in [1.29, 1.82) is 0 Å². The SMILES string of the molecule is NCC(=O)C(N)c1cc[c]cc1. The fourth-order valence-electron chi connectivity index (χ4n) is 0.920. The Morgan fingerprint density at radius 3 is 2.58 bits per heavy atom. The molecular formula is C9H11N2O. The molecule has 1 unspecified atom stereocenters. The van der Waals surface area contributed by atoms with Crippen LogP contribution in [-0.4, -0.2) is 12.3 Å². The highest BCUT2D eigenvalue weighted by atomic mass is 16.1. The van der Waals surface area contributed by atoms with E-state index in [1.165, 1.54) is 0 Å². The molecule has 0 fully saturated rings. The van der Waals surface area contributed by atoms with E-state index in [1.54, 1.807) is 24.3 Å². The average molecular weight is 163 g/mol. The van der Waals surface area contributed by atoms with Gasteiger partial charge in [0.25, 0.3) is 0 Å². The van der Waals surface area contributed by atoms with Crippen LogP contribution >= 0.6 is 0 Å². The Bertz CT molecular complexity index is 258. The van der Waals surface area contributed by atoms with Crippen LogP contribution in [0.2, 0.25) is 0 Å². The second-order valence-corrected chi connectivity index (χ2v) is 2.48. The first kappa shape index (κ1) is 8.90. The van der Waals surface area contributed by atoms with Crippen LogP contribution in [0, 0.1) is 6.07 Å². The number of rotatable bonds is 3. The number of hydrogen-bond donors (Lipinski definition) is 2. The molecule has 0 saturated carbocycles. The van der Waals surface area contributed by atoms with E-state index in [4.69, 9.17) is 11.5 Å². The molecule has 1 aromatic carbocycles. The summed E-state index contributed by atoms with van der Waals surface area (Å²) in [6, 6.07) is 9.22. The molecule has 0 saturated heterocycles. The number of hydrogen-bond acceptors (Lipinski definition) is 3. The van der Waals surface area contributed by atoms with Gasteiger partial charge in [-0.25, -0.2) is 0 Å². The quantitative estimate of drug-likeness (QED) is 0.659. The fourth-order valence-corrected chi connectivity index (χ4v) is 0.920. The van der Waals surface area contributed by atoms with Crippen LogP contribution in [-0.2, 0) is 4.79 Å². The molecule has 1 radical (unpaired) electrons. The Kier molecular flexibility index (Phi) is 2.96. The molecule has 0 aliphatic carbocycles. The minimum atomic E-state index is -0.593. The Balaban J connectivity index is 2.78. The summed E-state index contributed by atoms with van der Waals surface area (Å²) in [7, 11) is 0. The van der Waals surface area contributed by atoms with Crippen LogP contribution in [0.4, 0.5) is 0 Å². The Labute approximate surface area is 71.4 Å². The van der Waals surface area contributed by atoms with E-state index in [9.17, 15) is 4.79 Å². The van der Waals surface area contributed by atoms with Crippen LogP contribution in [0.3, 0.4) is 0 Å². The number of Topliss-reactive ketones (excluding diaryl/α,β-unsaturated/α-hetero) is 1. The van der Waals surface area contributed by atoms with E-state index in [0.717, 1.165) is 5.56 Å². The smallest absolute Gasteiger partial charge is 0.167 e. The number of carbonyl (C=O) groups is 1. The van der Waals surface area contributed by atoms with Gasteiger partial charge in [-0.05, 0) is 11.6 Å². The summed E-state index contributed by atoms with van der Waals surface area (Å²) < 4.78 is 0. The summed E-state index contributed by atoms with van der Waals surface area (Å²) in [5.41, 5.74) is 11.6. The third-order valence-electron chi connectivity index (χ3n) is 1.65. The van der Waals surface area contributed by atoms with E-state index in [2.05, 4.69) is 6.07 Å². The van der Waals surface area contributed by atoms with Crippen LogP contribution in [0.25, 0.3) is 0 Å². The van der Waals surface area contributed by atoms with Gasteiger partial charge in [0.15, 0.2) is 5.78 Å². The molecule has 0 heterocycles. The van der Waals surface area contributed by atoms with Crippen molar-refractivity contribution in [3.63, 3.8) is 0 Å². The van der Waals surface area contributed by atoms with Crippen molar-refractivity contribution in [3.8, 4) is 0 Å². The van der Waals surface area contributed by atoms with Gasteiger partial charge in [-0.3, -0.25) is 4.79 Å². The zero-order valence-electron chi connectivity index (χ0n) is 6.66. The Hall–Kier alpha value is -1.19. The van der Waals surface area contributed by atoms with Gasteiger partial charge in [0.2, 0.25) is 0 Å². The maximum atomic E-state index is 11.1. The molecule has 3 nitrogen and oxygen atoms in total. The molecule has 1 rings (SSSR count). The zero-order chi connectivity index (χ0) is 8.97. The van der Waals surface area contributed by atoms with Gasteiger partial charge < -0.3 is 11.5 Å². The van der Waals surface area contributed by atoms with Crippen LogP contribution in [0.15, 0.2) is 24.3 Å². The summed E-state index contributed by atoms with van der Waals surface area (Å²) in [4.78, 5) is 11.1. The zero-order valence-corrected chi connectivity index (χ0v) is 6.66. The average Bonchev–Trinajstić information content (AvgIpc) is 2.17. The number of nitrogens with two attached hydrogens (primary N) is 2. The van der Waals surface area contributed by atoms with Crippen molar-refractivity contribution >= 4 is 5.78 Å². The molecule has 12 heavy (non-hydrogen) atoms. The lowest BCUT2D eigenvalue weighted by Gasteiger charge is -2.08. The van der Waals surface area contributed by atoms with E-state index < -0.39 is 6.04 Å².